The van der Waals surface area contributed by atoms with Crippen molar-refractivity contribution in [2.45, 2.75) is 38.6 Å². The number of rotatable bonds is 6. The van der Waals surface area contributed by atoms with Crippen LogP contribution in [-0.4, -0.2) is 24.1 Å². The van der Waals surface area contributed by atoms with E-state index in [0.717, 1.165) is 24.4 Å². The van der Waals surface area contributed by atoms with Crippen molar-refractivity contribution in [3.05, 3.63) is 34.6 Å². The molecule has 20 heavy (non-hydrogen) atoms. The average molecular weight is 316 g/mol. The molecule has 0 aliphatic carbocycles. The molecule has 4 heteroatoms. The molecular weight excluding hydrogens is 293 g/mol. The van der Waals surface area contributed by atoms with Crippen LogP contribution < -0.4 is 5.32 Å². The highest BCUT2D eigenvalue weighted by atomic mass is 35.5. The van der Waals surface area contributed by atoms with Gasteiger partial charge in [0.05, 0.1) is 0 Å². The predicted molar refractivity (Wildman–Crippen MR) is 87.2 cm³/mol. The van der Waals surface area contributed by atoms with Crippen LogP contribution in [0.2, 0.25) is 5.02 Å². The summed E-state index contributed by atoms with van der Waals surface area (Å²) in [5.74, 6) is 3.14. The molecule has 1 fully saturated rings. The minimum Gasteiger partial charge on any atom is -0.314 e. The molecular formula is C16H23ClFNS. The Labute approximate surface area is 130 Å². The largest absolute Gasteiger partial charge is 0.314 e. The summed E-state index contributed by atoms with van der Waals surface area (Å²) in [5.41, 5.74) is 1.05. The van der Waals surface area contributed by atoms with Crippen molar-refractivity contribution in [1.82, 2.24) is 5.32 Å². The minimum absolute atomic E-state index is 0.261. The quantitative estimate of drug-likeness (QED) is 0.827. The Kier molecular flexibility index (Phi) is 6.66. The predicted octanol–water partition coefficient (Wildman–Crippen LogP) is 4.53. The third-order valence-electron chi connectivity index (χ3n) is 3.93. The smallest absolute Gasteiger partial charge is 0.124 e. The highest BCUT2D eigenvalue weighted by Crippen LogP contribution is 2.28. The maximum Gasteiger partial charge on any atom is 0.124 e. The molecule has 0 bridgehead atoms. The van der Waals surface area contributed by atoms with Crippen LogP contribution in [0.15, 0.2) is 18.2 Å². The maximum absolute atomic E-state index is 13.1. The van der Waals surface area contributed by atoms with E-state index in [1.54, 1.807) is 0 Å². The summed E-state index contributed by atoms with van der Waals surface area (Å²) < 4.78 is 13.1. The Hall–Kier alpha value is -0.250. The molecule has 2 rings (SSSR count). The van der Waals surface area contributed by atoms with E-state index >= 15 is 0 Å². The monoisotopic (exact) mass is 315 g/mol. The van der Waals surface area contributed by atoms with Crippen LogP contribution in [0.5, 0.6) is 0 Å². The molecule has 1 saturated heterocycles. The molecule has 1 nitrogen and oxygen atoms in total. The Morgan fingerprint density at radius 1 is 1.40 bits per heavy atom. The van der Waals surface area contributed by atoms with Gasteiger partial charge in [-0.2, -0.15) is 11.8 Å². The molecule has 1 N–H and O–H groups in total. The van der Waals surface area contributed by atoms with Crippen LogP contribution in [-0.2, 0) is 6.42 Å². The number of hydrogen-bond acceptors (Lipinski definition) is 2. The van der Waals surface area contributed by atoms with Crippen LogP contribution in [0, 0.1) is 11.7 Å². The average Bonchev–Trinajstić information content (AvgIpc) is 2.43. The SMILES string of the molecule is CCNC(Cc1ccc(F)cc1Cl)CC1CCSCC1. The Bertz CT molecular complexity index is 421. The van der Waals surface area contributed by atoms with Crippen molar-refractivity contribution in [3.8, 4) is 0 Å². The fourth-order valence-electron chi connectivity index (χ4n) is 2.86. The second kappa shape index (κ2) is 8.26. The Morgan fingerprint density at radius 2 is 2.15 bits per heavy atom. The fraction of sp³-hybridized carbons (Fsp3) is 0.625. The second-order valence-electron chi connectivity index (χ2n) is 5.49. The van der Waals surface area contributed by atoms with Crippen molar-refractivity contribution in [2.75, 3.05) is 18.1 Å². The van der Waals surface area contributed by atoms with Crippen LogP contribution in [0.4, 0.5) is 4.39 Å². The molecule has 1 unspecified atom stereocenters. The van der Waals surface area contributed by atoms with Gasteiger partial charge in [0.2, 0.25) is 0 Å². The fourth-order valence-corrected chi connectivity index (χ4v) is 4.31. The molecule has 0 spiro atoms. The van der Waals surface area contributed by atoms with E-state index in [9.17, 15) is 4.39 Å². The van der Waals surface area contributed by atoms with E-state index in [1.165, 1.54) is 42.9 Å². The van der Waals surface area contributed by atoms with Gasteiger partial charge in [0.25, 0.3) is 0 Å². The van der Waals surface area contributed by atoms with Gasteiger partial charge in [-0.25, -0.2) is 4.39 Å². The molecule has 0 saturated carbocycles. The molecule has 1 aliphatic heterocycles. The van der Waals surface area contributed by atoms with Crippen molar-refractivity contribution in [2.24, 2.45) is 5.92 Å². The summed E-state index contributed by atoms with van der Waals surface area (Å²) in [5, 5.41) is 4.11. The number of likely N-dealkylation sites (N-methyl/N-ethyl adjacent to an activating group) is 1. The zero-order valence-electron chi connectivity index (χ0n) is 12.0. The zero-order valence-corrected chi connectivity index (χ0v) is 13.6. The summed E-state index contributed by atoms with van der Waals surface area (Å²) in [4.78, 5) is 0. The topological polar surface area (TPSA) is 12.0 Å². The lowest BCUT2D eigenvalue weighted by molar-refractivity contribution is 0.366. The summed E-state index contributed by atoms with van der Waals surface area (Å²) in [6, 6.07) is 5.17. The molecule has 0 amide bonds. The summed E-state index contributed by atoms with van der Waals surface area (Å²) in [7, 11) is 0. The summed E-state index contributed by atoms with van der Waals surface area (Å²) in [6.45, 7) is 3.10. The van der Waals surface area contributed by atoms with Crippen LogP contribution in [0.1, 0.15) is 31.7 Å². The van der Waals surface area contributed by atoms with E-state index in [4.69, 9.17) is 11.6 Å². The first-order valence-electron chi connectivity index (χ1n) is 7.44. The first kappa shape index (κ1) is 16.1. The van der Waals surface area contributed by atoms with E-state index in [-0.39, 0.29) is 5.82 Å². The molecule has 1 aliphatic rings. The normalized spacial score (nSPS) is 18.1. The molecule has 1 aromatic carbocycles. The third kappa shape index (κ3) is 4.94. The van der Waals surface area contributed by atoms with Crippen molar-refractivity contribution in [1.29, 1.82) is 0 Å². The van der Waals surface area contributed by atoms with E-state index in [1.807, 2.05) is 6.07 Å². The number of halogens is 2. The maximum atomic E-state index is 13.1. The second-order valence-corrected chi connectivity index (χ2v) is 7.12. The standard InChI is InChI=1S/C16H23ClFNS/c1-2-19-15(9-12-5-7-20-8-6-12)10-13-3-4-14(18)11-16(13)17/h3-4,11-12,15,19H,2,5-10H2,1H3. The van der Waals surface area contributed by atoms with Crippen molar-refractivity contribution in [3.63, 3.8) is 0 Å². The minimum atomic E-state index is -0.261. The highest BCUT2D eigenvalue weighted by Gasteiger charge is 2.19. The summed E-state index contributed by atoms with van der Waals surface area (Å²) >= 11 is 8.21. The molecule has 1 aromatic rings. The van der Waals surface area contributed by atoms with Crippen molar-refractivity contribution < 1.29 is 4.39 Å². The van der Waals surface area contributed by atoms with Crippen LogP contribution in [0.3, 0.4) is 0 Å². The molecule has 1 atom stereocenters. The molecule has 0 radical (unpaired) electrons. The van der Waals surface area contributed by atoms with Gasteiger partial charge in [0, 0.05) is 11.1 Å². The lowest BCUT2D eigenvalue weighted by Gasteiger charge is -2.27. The Morgan fingerprint density at radius 3 is 2.80 bits per heavy atom. The summed E-state index contributed by atoms with van der Waals surface area (Å²) in [6.07, 6.45) is 4.73. The molecule has 1 heterocycles. The first-order chi connectivity index (χ1) is 9.69. The van der Waals surface area contributed by atoms with Crippen LogP contribution >= 0.6 is 23.4 Å². The van der Waals surface area contributed by atoms with Gasteiger partial charge in [-0.05, 0) is 67.3 Å². The van der Waals surface area contributed by atoms with Gasteiger partial charge in [-0.3, -0.25) is 0 Å². The van der Waals surface area contributed by atoms with Gasteiger partial charge < -0.3 is 5.32 Å². The van der Waals surface area contributed by atoms with E-state index < -0.39 is 0 Å². The van der Waals surface area contributed by atoms with Crippen LogP contribution in [0.25, 0.3) is 0 Å². The first-order valence-corrected chi connectivity index (χ1v) is 8.97. The highest BCUT2D eigenvalue weighted by molar-refractivity contribution is 7.99. The number of thioether (sulfide) groups is 1. The van der Waals surface area contributed by atoms with Gasteiger partial charge >= 0.3 is 0 Å². The van der Waals surface area contributed by atoms with Gasteiger partial charge in [-0.1, -0.05) is 24.6 Å². The van der Waals surface area contributed by atoms with Gasteiger partial charge in [0.15, 0.2) is 0 Å². The number of benzene rings is 1. The van der Waals surface area contributed by atoms with Gasteiger partial charge in [0.1, 0.15) is 5.82 Å². The number of hydrogen-bond donors (Lipinski definition) is 1. The van der Waals surface area contributed by atoms with Crippen molar-refractivity contribution >= 4 is 23.4 Å². The lowest BCUT2D eigenvalue weighted by Crippen LogP contribution is -2.34. The van der Waals surface area contributed by atoms with E-state index in [0.29, 0.717) is 11.1 Å². The van der Waals surface area contributed by atoms with Gasteiger partial charge in [-0.15, -0.1) is 0 Å². The number of nitrogens with one attached hydrogen (secondary N) is 1. The molecule has 112 valence electrons. The molecule has 0 aromatic heterocycles. The third-order valence-corrected chi connectivity index (χ3v) is 5.33. The van der Waals surface area contributed by atoms with E-state index in [2.05, 4.69) is 24.0 Å². The Balaban J connectivity index is 1.96. The lowest BCUT2D eigenvalue weighted by atomic mass is 9.91. The zero-order chi connectivity index (χ0) is 14.4.